The van der Waals surface area contributed by atoms with Crippen molar-refractivity contribution in [2.45, 2.75) is 26.4 Å². The molecule has 1 aromatic carbocycles. The first-order valence-corrected chi connectivity index (χ1v) is 5.88. The van der Waals surface area contributed by atoms with Crippen LogP contribution in [0.3, 0.4) is 0 Å². The monoisotopic (exact) mass is 261 g/mol. The Balaban J connectivity index is 2.07. The lowest BCUT2D eigenvalue weighted by molar-refractivity contribution is -0.301. The van der Waals surface area contributed by atoms with Crippen molar-refractivity contribution < 1.29 is 19.1 Å². The van der Waals surface area contributed by atoms with Gasteiger partial charge < -0.3 is 4.52 Å². The van der Waals surface area contributed by atoms with Crippen molar-refractivity contribution in [1.29, 1.82) is 0 Å². The summed E-state index contributed by atoms with van der Waals surface area (Å²) < 4.78 is 5.10. The fourth-order valence-corrected chi connectivity index (χ4v) is 1.32. The number of carbonyl (C=O) groups is 1. The molecule has 19 heavy (non-hydrogen) atoms. The van der Waals surface area contributed by atoms with E-state index in [0.717, 1.165) is 5.56 Å². The van der Waals surface area contributed by atoms with Crippen LogP contribution in [0.15, 0.2) is 40.9 Å². The molecule has 0 saturated heterocycles. The molecular formula is C14H15NO4. The first kappa shape index (κ1) is 13.3. The molecule has 5 nitrogen and oxygen atoms in total. The van der Waals surface area contributed by atoms with Crippen LogP contribution < -0.4 is 0 Å². The normalized spacial score (nSPS) is 11.3. The van der Waals surface area contributed by atoms with E-state index in [1.807, 2.05) is 30.3 Å². The summed E-state index contributed by atoms with van der Waals surface area (Å²) in [6.07, 6.45) is 0. The maximum Gasteiger partial charge on any atom is 0.394 e. The fraction of sp³-hybridized carbons (Fsp3) is 0.286. The van der Waals surface area contributed by atoms with E-state index in [1.54, 1.807) is 20.8 Å². The standard InChI is InChI=1S/C14H15NO4/c1-14(2,3)19-18-13(16)11-9-12(17-15-11)10-7-5-4-6-8-10/h4-9H,1-3H3. The van der Waals surface area contributed by atoms with E-state index >= 15 is 0 Å². The average Bonchev–Trinajstić information content (AvgIpc) is 2.86. The summed E-state index contributed by atoms with van der Waals surface area (Å²) in [6.45, 7) is 5.33. The van der Waals surface area contributed by atoms with Gasteiger partial charge >= 0.3 is 5.97 Å². The van der Waals surface area contributed by atoms with Crippen LogP contribution in [-0.2, 0) is 9.78 Å². The fourth-order valence-electron chi connectivity index (χ4n) is 1.32. The molecular weight excluding hydrogens is 246 g/mol. The van der Waals surface area contributed by atoms with Gasteiger partial charge in [0.2, 0.25) is 0 Å². The van der Waals surface area contributed by atoms with Crippen molar-refractivity contribution >= 4 is 5.97 Å². The molecule has 100 valence electrons. The highest BCUT2D eigenvalue weighted by molar-refractivity contribution is 5.87. The number of hydrogen-bond donors (Lipinski definition) is 0. The van der Waals surface area contributed by atoms with Gasteiger partial charge in [0, 0.05) is 11.6 Å². The number of aromatic nitrogens is 1. The van der Waals surface area contributed by atoms with E-state index < -0.39 is 11.6 Å². The Hall–Kier alpha value is -2.14. The summed E-state index contributed by atoms with van der Waals surface area (Å²) in [6, 6.07) is 10.9. The zero-order valence-corrected chi connectivity index (χ0v) is 11.0. The number of benzene rings is 1. The molecule has 0 bridgehead atoms. The zero-order valence-electron chi connectivity index (χ0n) is 11.0. The molecule has 2 aromatic rings. The summed E-state index contributed by atoms with van der Waals surface area (Å²) in [5.74, 6) is -0.177. The van der Waals surface area contributed by atoms with Crippen LogP contribution in [0.1, 0.15) is 31.3 Å². The number of rotatable bonds is 3. The first-order valence-electron chi connectivity index (χ1n) is 5.88. The maximum absolute atomic E-state index is 11.7. The molecule has 0 aliphatic heterocycles. The molecule has 0 atom stereocenters. The Morgan fingerprint density at radius 1 is 1.21 bits per heavy atom. The van der Waals surface area contributed by atoms with Crippen molar-refractivity contribution in [2.24, 2.45) is 0 Å². The van der Waals surface area contributed by atoms with Crippen LogP contribution in [0.4, 0.5) is 0 Å². The lowest BCUT2D eigenvalue weighted by atomic mass is 10.2. The second kappa shape index (κ2) is 5.24. The summed E-state index contributed by atoms with van der Waals surface area (Å²) >= 11 is 0. The van der Waals surface area contributed by atoms with Gasteiger partial charge in [0.25, 0.3) is 0 Å². The third kappa shape index (κ3) is 3.66. The van der Waals surface area contributed by atoms with Gasteiger partial charge in [-0.15, -0.1) is 0 Å². The van der Waals surface area contributed by atoms with E-state index in [1.165, 1.54) is 6.07 Å². The minimum Gasteiger partial charge on any atom is -0.355 e. The molecule has 0 aliphatic rings. The smallest absolute Gasteiger partial charge is 0.355 e. The minimum absolute atomic E-state index is 0.0723. The Morgan fingerprint density at radius 2 is 1.89 bits per heavy atom. The summed E-state index contributed by atoms with van der Waals surface area (Å²) in [5, 5.41) is 3.66. The lowest BCUT2D eigenvalue weighted by Crippen LogP contribution is -2.22. The zero-order chi connectivity index (χ0) is 13.9. The SMILES string of the molecule is CC(C)(C)OOC(=O)c1cc(-c2ccccc2)on1. The lowest BCUT2D eigenvalue weighted by Gasteiger charge is -2.15. The molecule has 1 aromatic heterocycles. The van der Waals surface area contributed by atoms with Crippen LogP contribution in [0.25, 0.3) is 11.3 Å². The summed E-state index contributed by atoms with van der Waals surface area (Å²) in [4.78, 5) is 21.3. The van der Waals surface area contributed by atoms with Gasteiger partial charge in [-0.25, -0.2) is 4.79 Å². The molecule has 0 unspecified atom stereocenters. The topological polar surface area (TPSA) is 61.6 Å². The molecule has 0 N–H and O–H groups in total. The van der Waals surface area contributed by atoms with Crippen LogP contribution in [-0.4, -0.2) is 16.7 Å². The Morgan fingerprint density at radius 3 is 2.53 bits per heavy atom. The molecule has 1 heterocycles. The highest BCUT2D eigenvalue weighted by Gasteiger charge is 2.20. The molecule has 0 saturated carbocycles. The van der Waals surface area contributed by atoms with Gasteiger partial charge in [-0.05, 0) is 20.8 Å². The Labute approximate surface area is 111 Å². The summed E-state index contributed by atoms with van der Waals surface area (Å²) in [5.41, 5.74) is 0.343. The van der Waals surface area contributed by atoms with Gasteiger partial charge in [-0.2, -0.15) is 4.89 Å². The highest BCUT2D eigenvalue weighted by atomic mass is 17.2. The number of hydrogen-bond acceptors (Lipinski definition) is 5. The second-order valence-corrected chi connectivity index (χ2v) is 5.01. The second-order valence-electron chi connectivity index (χ2n) is 5.01. The van der Waals surface area contributed by atoms with Crippen LogP contribution >= 0.6 is 0 Å². The summed E-state index contributed by atoms with van der Waals surface area (Å²) in [7, 11) is 0. The van der Waals surface area contributed by atoms with Gasteiger partial charge in [0.05, 0.1) is 0 Å². The number of nitrogens with zero attached hydrogens (tertiary/aromatic N) is 1. The quantitative estimate of drug-likeness (QED) is 0.627. The highest BCUT2D eigenvalue weighted by Crippen LogP contribution is 2.20. The van der Waals surface area contributed by atoms with E-state index in [9.17, 15) is 4.79 Å². The maximum atomic E-state index is 11.7. The van der Waals surface area contributed by atoms with E-state index in [0.29, 0.717) is 5.76 Å². The van der Waals surface area contributed by atoms with Crippen molar-refractivity contribution in [1.82, 2.24) is 5.16 Å². The molecule has 5 heteroatoms. The van der Waals surface area contributed by atoms with Crippen molar-refractivity contribution in [3.05, 3.63) is 42.1 Å². The molecule has 0 amide bonds. The van der Waals surface area contributed by atoms with Gasteiger partial charge in [-0.1, -0.05) is 35.5 Å². The number of carbonyl (C=O) groups excluding carboxylic acids is 1. The van der Waals surface area contributed by atoms with Crippen molar-refractivity contribution in [3.63, 3.8) is 0 Å². The Kier molecular flexibility index (Phi) is 3.66. The van der Waals surface area contributed by atoms with E-state index in [-0.39, 0.29) is 5.69 Å². The molecule has 0 spiro atoms. The predicted octanol–water partition coefficient (Wildman–Crippen LogP) is 3.23. The van der Waals surface area contributed by atoms with Crippen molar-refractivity contribution in [3.8, 4) is 11.3 Å². The molecule has 2 rings (SSSR count). The Bertz CT molecular complexity index is 554. The van der Waals surface area contributed by atoms with Gasteiger partial charge in [-0.3, -0.25) is 4.89 Å². The largest absolute Gasteiger partial charge is 0.394 e. The predicted molar refractivity (Wildman–Crippen MR) is 68.2 cm³/mol. The van der Waals surface area contributed by atoms with Crippen LogP contribution in [0.5, 0.6) is 0 Å². The van der Waals surface area contributed by atoms with Crippen LogP contribution in [0.2, 0.25) is 0 Å². The van der Waals surface area contributed by atoms with Crippen molar-refractivity contribution in [2.75, 3.05) is 0 Å². The molecule has 0 fully saturated rings. The average molecular weight is 261 g/mol. The minimum atomic E-state index is -0.680. The first-order chi connectivity index (χ1) is 8.96. The van der Waals surface area contributed by atoms with Crippen LogP contribution in [0, 0.1) is 0 Å². The van der Waals surface area contributed by atoms with Gasteiger partial charge in [0.1, 0.15) is 5.60 Å². The van der Waals surface area contributed by atoms with E-state index in [2.05, 4.69) is 10.0 Å². The van der Waals surface area contributed by atoms with Gasteiger partial charge in [0.15, 0.2) is 11.5 Å². The third-order valence-electron chi connectivity index (χ3n) is 2.14. The molecule has 0 aliphatic carbocycles. The molecule has 0 radical (unpaired) electrons. The van der Waals surface area contributed by atoms with E-state index in [4.69, 9.17) is 9.41 Å². The third-order valence-corrected chi connectivity index (χ3v) is 2.14.